The van der Waals surface area contributed by atoms with Crippen LogP contribution in [0.5, 0.6) is 0 Å². The first-order valence-corrected chi connectivity index (χ1v) is 4.79. The number of hydrogen-bond acceptors (Lipinski definition) is 2. The van der Waals surface area contributed by atoms with Crippen molar-refractivity contribution in [1.29, 1.82) is 0 Å². The topological polar surface area (TPSA) is 38.3 Å². The van der Waals surface area contributed by atoms with Crippen molar-refractivity contribution in [2.45, 2.75) is 20.3 Å². The molecule has 76 valence electrons. The van der Waals surface area contributed by atoms with Crippen LogP contribution in [-0.2, 0) is 11.2 Å². The van der Waals surface area contributed by atoms with Crippen LogP contribution in [0.25, 0.3) is 0 Å². The van der Waals surface area contributed by atoms with Crippen molar-refractivity contribution in [3.8, 4) is 0 Å². The summed E-state index contributed by atoms with van der Waals surface area (Å²) in [7, 11) is 0. The molecule has 0 fully saturated rings. The lowest BCUT2D eigenvalue weighted by Crippen LogP contribution is -2.13. The van der Waals surface area contributed by atoms with Gasteiger partial charge >= 0.3 is 6.09 Å². The molecule has 0 saturated heterocycles. The van der Waals surface area contributed by atoms with Crippen molar-refractivity contribution in [3.05, 3.63) is 29.8 Å². The van der Waals surface area contributed by atoms with E-state index in [1.807, 2.05) is 24.3 Å². The lowest BCUT2D eigenvalue weighted by molar-refractivity contribution is 0.168. The van der Waals surface area contributed by atoms with E-state index in [0.29, 0.717) is 6.61 Å². The minimum Gasteiger partial charge on any atom is -0.450 e. The molecule has 0 radical (unpaired) electrons. The van der Waals surface area contributed by atoms with Crippen LogP contribution in [0, 0.1) is 0 Å². The predicted molar refractivity (Wildman–Crippen MR) is 56.5 cm³/mol. The molecule has 1 aromatic rings. The summed E-state index contributed by atoms with van der Waals surface area (Å²) in [4.78, 5) is 11.1. The van der Waals surface area contributed by atoms with E-state index in [1.165, 1.54) is 5.56 Å². The molecule has 1 N–H and O–H groups in total. The van der Waals surface area contributed by atoms with Crippen LogP contribution in [0.2, 0.25) is 0 Å². The molecule has 1 amide bonds. The summed E-state index contributed by atoms with van der Waals surface area (Å²) in [5.74, 6) is 0. The van der Waals surface area contributed by atoms with Crippen molar-refractivity contribution < 1.29 is 9.53 Å². The van der Waals surface area contributed by atoms with Gasteiger partial charge in [0.1, 0.15) is 0 Å². The number of anilines is 1. The Morgan fingerprint density at radius 1 is 1.43 bits per heavy atom. The van der Waals surface area contributed by atoms with Gasteiger partial charge < -0.3 is 4.74 Å². The fourth-order valence-electron chi connectivity index (χ4n) is 1.15. The highest BCUT2D eigenvalue weighted by atomic mass is 16.5. The zero-order valence-electron chi connectivity index (χ0n) is 8.54. The SMILES string of the molecule is CCOC(=O)Nc1cccc(CC)c1. The van der Waals surface area contributed by atoms with Gasteiger partial charge in [0.25, 0.3) is 0 Å². The number of nitrogens with one attached hydrogen (secondary N) is 1. The van der Waals surface area contributed by atoms with Crippen LogP contribution in [-0.4, -0.2) is 12.7 Å². The Hall–Kier alpha value is -1.51. The zero-order chi connectivity index (χ0) is 10.4. The van der Waals surface area contributed by atoms with Crippen LogP contribution >= 0.6 is 0 Å². The number of rotatable bonds is 3. The largest absolute Gasteiger partial charge is 0.450 e. The van der Waals surface area contributed by atoms with E-state index in [2.05, 4.69) is 12.2 Å². The molecule has 0 heterocycles. The molecule has 1 aromatic carbocycles. The number of ether oxygens (including phenoxy) is 1. The number of carbonyl (C=O) groups is 1. The summed E-state index contributed by atoms with van der Waals surface area (Å²) in [5, 5.41) is 2.66. The Morgan fingerprint density at radius 3 is 2.86 bits per heavy atom. The quantitative estimate of drug-likeness (QED) is 0.801. The summed E-state index contributed by atoms with van der Waals surface area (Å²) in [6.45, 7) is 4.24. The number of carbonyl (C=O) groups excluding carboxylic acids is 1. The van der Waals surface area contributed by atoms with E-state index >= 15 is 0 Å². The summed E-state index contributed by atoms with van der Waals surface area (Å²) < 4.78 is 4.77. The molecule has 0 aromatic heterocycles. The van der Waals surface area contributed by atoms with E-state index in [1.54, 1.807) is 6.92 Å². The number of hydrogen-bond donors (Lipinski definition) is 1. The fraction of sp³-hybridized carbons (Fsp3) is 0.364. The van der Waals surface area contributed by atoms with Crippen molar-refractivity contribution in [3.63, 3.8) is 0 Å². The Balaban J connectivity index is 2.62. The Morgan fingerprint density at radius 2 is 2.21 bits per heavy atom. The van der Waals surface area contributed by atoms with Gasteiger partial charge in [0.2, 0.25) is 0 Å². The van der Waals surface area contributed by atoms with Gasteiger partial charge in [0, 0.05) is 5.69 Å². The maximum absolute atomic E-state index is 11.1. The maximum atomic E-state index is 11.1. The molecular weight excluding hydrogens is 178 g/mol. The minimum absolute atomic E-state index is 0.388. The second kappa shape index (κ2) is 5.27. The van der Waals surface area contributed by atoms with E-state index in [-0.39, 0.29) is 0 Å². The average molecular weight is 193 g/mol. The predicted octanol–water partition coefficient (Wildman–Crippen LogP) is 2.82. The van der Waals surface area contributed by atoms with E-state index in [4.69, 9.17) is 4.74 Å². The van der Waals surface area contributed by atoms with Crippen LogP contribution in [0.3, 0.4) is 0 Å². The van der Waals surface area contributed by atoms with Gasteiger partial charge in [-0.1, -0.05) is 19.1 Å². The average Bonchev–Trinajstić information content (AvgIpc) is 2.18. The molecule has 0 aliphatic heterocycles. The summed E-state index contributed by atoms with van der Waals surface area (Å²) in [6, 6.07) is 7.73. The third kappa shape index (κ3) is 3.09. The maximum Gasteiger partial charge on any atom is 0.411 e. The second-order valence-corrected chi connectivity index (χ2v) is 2.90. The van der Waals surface area contributed by atoms with Crippen LogP contribution in [0.4, 0.5) is 10.5 Å². The molecule has 0 aliphatic carbocycles. The highest BCUT2D eigenvalue weighted by Gasteiger charge is 2.01. The summed E-state index contributed by atoms with van der Waals surface area (Å²) in [6.07, 6.45) is 0.555. The van der Waals surface area contributed by atoms with Gasteiger partial charge in [0.05, 0.1) is 6.61 Å². The van der Waals surface area contributed by atoms with Crippen molar-refractivity contribution in [2.75, 3.05) is 11.9 Å². The number of amides is 1. The van der Waals surface area contributed by atoms with Crippen LogP contribution in [0.15, 0.2) is 24.3 Å². The molecule has 3 heteroatoms. The lowest BCUT2D eigenvalue weighted by atomic mass is 10.1. The van der Waals surface area contributed by atoms with Gasteiger partial charge in [-0.25, -0.2) is 4.79 Å². The van der Waals surface area contributed by atoms with E-state index in [0.717, 1.165) is 12.1 Å². The second-order valence-electron chi connectivity index (χ2n) is 2.90. The van der Waals surface area contributed by atoms with Gasteiger partial charge in [-0.05, 0) is 31.0 Å². The fourth-order valence-corrected chi connectivity index (χ4v) is 1.15. The smallest absolute Gasteiger partial charge is 0.411 e. The first kappa shape index (κ1) is 10.6. The molecule has 0 saturated carbocycles. The molecule has 0 atom stereocenters. The van der Waals surface area contributed by atoms with Crippen LogP contribution in [0.1, 0.15) is 19.4 Å². The molecular formula is C11H15NO2. The highest BCUT2D eigenvalue weighted by Crippen LogP contribution is 2.11. The van der Waals surface area contributed by atoms with Crippen LogP contribution < -0.4 is 5.32 Å². The summed E-state index contributed by atoms with van der Waals surface area (Å²) in [5.41, 5.74) is 1.97. The molecule has 0 aliphatic rings. The third-order valence-electron chi connectivity index (χ3n) is 1.86. The lowest BCUT2D eigenvalue weighted by Gasteiger charge is -2.05. The third-order valence-corrected chi connectivity index (χ3v) is 1.86. The molecule has 1 rings (SSSR count). The highest BCUT2D eigenvalue weighted by molar-refractivity contribution is 5.84. The van der Waals surface area contributed by atoms with Crippen molar-refractivity contribution in [1.82, 2.24) is 0 Å². The minimum atomic E-state index is -0.402. The molecule has 0 bridgehead atoms. The molecule has 0 spiro atoms. The van der Waals surface area contributed by atoms with Gasteiger partial charge in [-0.2, -0.15) is 0 Å². The molecule has 14 heavy (non-hydrogen) atoms. The van der Waals surface area contributed by atoms with E-state index < -0.39 is 6.09 Å². The molecule has 3 nitrogen and oxygen atoms in total. The Kier molecular flexibility index (Phi) is 3.98. The van der Waals surface area contributed by atoms with E-state index in [9.17, 15) is 4.79 Å². The Bertz CT molecular complexity index is 310. The standard InChI is InChI=1S/C11H15NO2/c1-3-9-6-5-7-10(8-9)12-11(13)14-4-2/h5-8H,3-4H2,1-2H3,(H,12,13). The van der Waals surface area contributed by atoms with Gasteiger partial charge in [0.15, 0.2) is 0 Å². The first-order valence-electron chi connectivity index (χ1n) is 4.79. The Labute approximate surface area is 84.1 Å². The van der Waals surface area contributed by atoms with Gasteiger partial charge in [-0.3, -0.25) is 5.32 Å². The molecule has 0 unspecified atom stereocenters. The zero-order valence-corrected chi connectivity index (χ0v) is 8.54. The number of aryl methyl sites for hydroxylation is 1. The number of benzene rings is 1. The van der Waals surface area contributed by atoms with Crippen molar-refractivity contribution in [2.24, 2.45) is 0 Å². The summed E-state index contributed by atoms with van der Waals surface area (Å²) >= 11 is 0. The van der Waals surface area contributed by atoms with Crippen molar-refractivity contribution >= 4 is 11.8 Å². The first-order chi connectivity index (χ1) is 6.76. The van der Waals surface area contributed by atoms with Gasteiger partial charge in [-0.15, -0.1) is 0 Å². The monoisotopic (exact) mass is 193 g/mol. The normalized spacial score (nSPS) is 9.57.